The predicted molar refractivity (Wildman–Crippen MR) is 68.7 cm³/mol. The Morgan fingerprint density at radius 3 is 2.76 bits per heavy atom. The van der Waals surface area contributed by atoms with Crippen molar-refractivity contribution in [1.29, 1.82) is 0 Å². The summed E-state index contributed by atoms with van der Waals surface area (Å²) in [6.07, 6.45) is 3.29. The summed E-state index contributed by atoms with van der Waals surface area (Å²) in [5.74, 6) is 0.130. The first-order chi connectivity index (χ1) is 8.25. The SMILES string of the molecule is Cc1ccc(CNC(=O)[C@H]2CCCCN2)cc1. The molecular formula is C14H20N2O. The molecule has 1 fully saturated rings. The second kappa shape index (κ2) is 5.82. The lowest BCUT2D eigenvalue weighted by atomic mass is 10.0. The van der Waals surface area contributed by atoms with Crippen molar-refractivity contribution in [1.82, 2.24) is 10.6 Å². The van der Waals surface area contributed by atoms with Gasteiger partial charge < -0.3 is 10.6 Å². The number of amides is 1. The molecule has 2 N–H and O–H groups in total. The zero-order valence-corrected chi connectivity index (χ0v) is 10.3. The molecule has 1 aliphatic rings. The van der Waals surface area contributed by atoms with Gasteiger partial charge in [-0.15, -0.1) is 0 Å². The maximum atomic E-state index is 11.9. The Morgan fingerprint density at radius 1 is 1.35 bits per heavy atom. The van der Waals surface area contributed by atoms with E-state index in [2.05, 4.69) is 41.8 Å². The van der Waals surface area contributed by atoms with Gasteiger partial charge >= 0.3 is 0 Å². The van der Waals surface area contributed by atoms with Gasteiger partial charge in [0.25, 0.3) is 0 Å². The number of aryl methyl sites for hydroxylation is 1. The van der Waals surface area contributed by atoms with Crippen molar-refractivity contribution in [2.24, 2.45) is 0 Å². The van der Waals surface area contributed by atoms with Crippen molar-refractivity contribution in [3.8, 4) is 0 Å². The van der Waals surface area contributed by atoms with E-state index < -0.39 is 0 Å². The van der Waals surface area contributed by atoms with Crippen LogP contribution in [0.15, 0.2) is 24.3 Å². The van der Waals surface area contributed by atoms with Crippen LogP contribution in [0, 0.1) is 6.92 Å². The fourth-order valence-corrected chi connectivity index (χ4v) is 2.09. The molecule has 1 saturated heterocycles. The quantitative estimate of drug-likeness (QED) is 0.833. The average molecular weight is 232 g/mol. The lowest BCUT2D eigenvalue weighted by molar-refractivity contribution is -0.123. The minimum Gasteiger partial charge on any atom is -0.351 e. The van der Waals surface area contributed by atoms with Gasteiger partial charge in [-0.1, -0.05) is 36.2 Å². The van der Waals surface area contributed by atoms with Crippen LogP contribution in [0.1, 0.15) is 30.4 Å². The lowest BCUT2D eigenvalue weighted by Crippen LogP contribution is -2.46. The van der Waals surface area contributed by atoms with Gasteiger partial charge in [0.05, 0.1) is 6.04 Å². The number of piperidine rings is 1. The third-order valence-corrected chi connectivity index (χ3v) is 3.21. The fourth-order valence-electron chi connectivity index (χ4n) is 2.09. The third kappa shape index (κ3) is 3.56. The van der Waals surface area contributed by atoms with Crippen molar-refractivity contribution in [2.45, 2.75) is 38.8 Å². The van der Waals surface area contributed by atoms with Crippen LogP contribution in [0.25, 0.3) is 0 Å². The smallest absolute Gasteiger partial charge is 0.237 e. The number of hydrogen-bond donors (Lipinski definition) is 2. The summed E-state index contributed by atoms with van der Waals surface area (Å²) < 4.78 is 0. The molecule has 3 heteroatoms. The van der Waals surface area contributed by atoms with E-state index in [9.17, 15) is 4.79 Å². The highest BCUT2D eigenvalue weighted by molar-refractivity contribution is 5.81. The first-order valence-corrected chi connectivity index (χ1v) is 6.32. The van der Waals surface area contributed by atoms with Gasteiger partial charge in [0, 0.05) is 6.54 Å². The van der Waals surface area contributed by atoms with Gasteiger partial charge in [-0.3, -0.25) is 4.79 Å². The van der Waals surface area contributed by atoms with E-state index in [1.54, 1.807) is 0 Å². The minimum absolute atomic E-state index is 0.00852. The Bertz CT molecular complexity index is 366. The summed E-state index contributed by atoms with van der Waals surface area (Å²) in [6.45, 7) is 3.65. The fraction of sp³-hybridized carbons (Fsp3) is 0.500. The first kappa shape index (κ1) is 12.1. The van der Waals surface area contributed by atoms with Gasteiger partial charge in [-0.2, -0.15) is 0 Å². The van der Waals surface area contributed by atoms with E-state index in [1.807, 2.05) is 0 Å². The molecule has 1 heterocycles. The third-order valence-electron chi connectivity index (χ3n) is 3.21. The first-order valence-electron chi connectivity index (χ1n) is 6.32. The summed E-state index contributed by atoms with van der Waals surface area (Å²) in [5, 5.41) is 6.24. The number of carbonyl (C=O) groups is 1. The Kier molecular flexibility index (Phi) is 4.15. The van der Waals surface area contributed by atoms with Crippen LogP contribution in [-0.4, -0.2) is 18.5 Å². The molecule has 0 spiro atoms. The largest absolute Gasteiger partial charge is 0.351 e. The number of rotatable bonds is 3. The van der Waals surface area contributed by atoms with E-state index in [4.69, 9.17) is 0 Å². The second-order valence-corrected chi connectivity index (χ2v) is 4.71. The van der Waals surface area contributed by atoms with E-state index in [1.165, 1.54) is 12.0 Å². The van der Waals surface area contributed by atoms with E-state index in [0.29, 0.717) is 6.54 Å². The molecule has 0 saturated carbocycles. The standard InChI is InChI=1S/C14H20N2O/c1-11-5-7-12(8-6-11)10-16-14(17)13-4-2-3-9-15-13/h5-8,13,15H,2-4,9-10H2,1H3,(H,16,17)/t13-/m1/s1. The zero-order chi connectivity index (χ0) is 12.1. The number of benzene rings is 1. The summed E-state index contributed by atoms with van der Waals surface area (Å²) in [7, 11) is 0. The number of carbonyl (C=O) groups excluding carboxylic acids is 1. The molecule has 0 bridgehead atoms. The topological polar surface area (TPSA) is 41.1 Å². The minimum atomic E-state index is 0.00852. The van der Waals surface area contributed by atoms with Crippen LogP contribution in [0.4, 0.5) is 0 Å². The second-order valence-electron chi connectivity index (χ2n) is 4.71. The maximum Gasteiger partial charge on any atom is 0.237 e. The van der Waals surface area contributed by atoms with Gasteiger partial charge in [0.2, 0.25) is 5.91 Å². The van der Waals surface area contributed by atoms with E-state index in [0.717, 1.165) is 24.9 Å². The molecule has 17 heavy (non-hydrogen) atoms. The molecule has 1 aromatic carbocycles. The van der Waals surface area contributed by atoms with Crippen LogP contribution < -0.4 is 10.6 Å². The van der Waals surface area contributed by atoms with Gasteiger partial charge in [0.15, 0.2) is 0 Å². The van der Waals surface area contributed by atoms with E-state index >= 15 is 0 Å². The van der Waals surface area contributed by atoms with Crippen LogP contribution in [0.2, 0.25) is 0 Å². The summed E-state index contributed by atoms with van der Waals surface area (Å²) in [5.41, 5.74) is 2.40. The monoisotopic (exact) mass is 232 g/mol. The van der Waals surface area contributed by atoms with Crippen molar-refractivity contribution in [3.63, 3.8) is 0 Å². The van der Waals surface area contributed by atoms with Crippen molar-refractivity contribution in [2.75, 3.05) is 6.54 Å². The highest BCUT2D eigenvalue weighted by Gasteiger charge is 2.19. The van der Waals surface area contributed by atoms with Crippen LogP contribution in [0.5, 0.6) is 0 Å². The predicted octanol–water partition coefficient (Wildman–Crippen LogP) is 1.75. The van der Waals surface area contributed by atoms with Crippen LogP contribution in [0.3, 0.4) is 0 Å². The van der Waals surface area contributed by atoms with Gasteiger partial charge in [-0.05, 0) is 31.9 Å². The molecular weight excluding hydrogens is 212 g/mol. The maximum absolute atomic E-state index is 11.9. The molecule has 0 aromatic heterocycles. The Hall–Kier alpha value is -1.35. The highest BCUT2D eigenvalue weighted by Crippen LogP contribution is 2.07. The molecule has 3 nitrogen and oxygen atoms in total. The zero-order valence-electron chi connectivity index (χ0n) is 10.3. The van der Waals surface area contributed by atoms with Crippen LogP contribution >= 0.6 is 0 Å². The molecule has 1 aliphatic heterocycles. The molecule has 1 atom stereocenters. The van der Waals surface area contributed by atoms with E-state index in [-0.39, 0.29) is 11.9 Å². The molecule has 1 amide bonds. The van der Waals surface area contributed by atoms with Crippen LogP contribution in [-0.2, 0) is 11.3 Å². The summed E-state index contributed by atoms with van der Waals surface area (Å²) in [4.78, 5) is 11.9. The molecule has 0 aliphatic carbocycles. The van der Waals surface area contributed by atoms with Crippen molar-refractivity contribution in [3.05, 3.63) is 35.4 Å². The van der Waals surface area contributed by atoms with Gasteiger partial charge in [0.1, 0.15) is 0 Å². The summed E-state index contributed by atoms with van der Waals surface area (Å²) in [6, 6.07) is 8.27. The Labute approximate surface area is 103 Å². The number of nitrogens with one attached hydrogen (secondary N) is 2. The summed E-state index contributed by atoms with van der Waals surface area (Å²) >= 11 is 0. The highest BCUT2D eigenvalue weighted by atomic mass is 16.2. The normalized spacial score (nSPS) is 19.9. The lowest BCUT2D eigenvalue weighted by Gasteiger charge is -2.22. The molecule has 1 aromatic rings. The van der Waals surface area contributed by atoms with Gasteiger partial charge in [-0.25, -0.2) is 0 Å². The average Bonchev–Trinajstić information content (AvgIpc) is 2.39. The Balaban J connectivity index is 1.81. The van der Waals surface area contributed by atoms with Crippen molar-refractivity contribution < 1.29 is 4.79 Å². The Morgan fingerprint density at radius 2 is 2.12 bits per heavy atom. The number of hydrogen-bond acceptors (Lipinski definition) is 2. The molecule has 0 unspecified atom stereocenters. The molecule has 92 valence electrons. The van der Waals surface area contributed by atoms with Crippen molar-refractivity contribution >= 4 is 5.91 Å². The molecule has 0 radical (unpaired) electrons. The molecule has 2 rings (SSSR count).